The van der Waals surface area contributed by atoms with Gasteiger partial charge in [0.25, 0.3) is 0 Å². The third-order valence-corrected chi connectivity index (χ3v) is 1.73. The summed E-state index contributed by atoms with van der Waals surface area (Å²) >= 11 is 4.89. The number of halogens is 1. The van der Waals surface area contributed by atoms with E-state index in [1.807, 2.05) is 0 Å². The summed E-state index contributed by atoms with van der Waals surface area (Å²) in [6.07, 6.45) is 0. The lowest BCUT2D eigenvalue weighted by atomic mass is 10.2. The summed E-state index contributed by atoms with van der Waals surface area (Å²) in [4.78, 5) is 10.9. The fourth-order valence-electron chi connectivity index (χ4n) is 0.833. The van der Waals surface area contributed by atoms with Gasteiger partial charge in [-0.1, -0.05) is 12.2 Å². The van der Waals surface area contributed by atoms with Gasteiger partial charge in [-0.2, -0.15) is 0 Å². The third kappa shape index (κ3) is 2.91. The van der Waals surface area contributed by atoms with E-state index in [0.29, 0.717) is 10.6 Å². The second-order valence-electron chi connectivity index (χ2n) is 2.52. The normalized spacial score (nSPS) is 9.38. The van der Waals surface area contributed by atoms with Crippen LogP contribution in [0.25, 0.3) is 0 Å². The number of nitrogens with one attached hydrogen (secondary N) is 1. The Balaban J connectivity index is 2.78. The lowest BCUT2D eigenvalue weighted by molar-refractivity contribution is -0.117. The number of carbonyl (C=O) groups excluding carboxylic acids is 1. The molecule has 0 saturated carbocycles. The quantitative estimate of drug-likeness (QED) is 0.693. The van der Waals surface area contributed by atoms with E-state index in [9.17, 15) is 9.18 Å². The van der Waals surface area contributed by atoms with Gasteiger partial charge in [0, 0.05) is 12.5 Å². The molecular weight excluding hydrogens is 189 g/mol. The van der Waals surface area contributed by atoms with Crippen LogP contribution in [0.15, 0.2) is 24.3 Å². The molecule has 1 rings (SSSR count). The van der Waals surface area contributed by atoms with Crippen molar-refractivity contribution in [3.8, 4) is 0 Å². The monoisotopic (exact) mass is 197 g/mol. The van der Waals surface area contributed by atoms with Crippen molar-refractivity contribution in [2.45, 2.75) is 6.92 Å². The molecule has 2 nitrogen and oxygen atoms in total. The van der Waals surface area contributed by atoms with Crippen molar-refractivity contribution in [2.75, 3.05) is 0 Å². The molecule has 1 N–H and O–H groups in total. The largest absolute Gasteiger partial charge is 0.317 e. The van der Waals surface area contributed by atoms with Gasteiger partial charge in [-0.15, -0.1) is 0 Å². The molecule has 0 aromatic heterocycles. The van der Waals surface area contributed by atoms with E-state index >= 15 is 0 Å². The Hall–Kier alpha value is -1.29. The highest BCUT2D eigenvalue weighted by molar-refractivity contribution is 7.80. The predicted molar refractivity (Wildman–Crippen MR) is 51.9 cm³/mol. The van der Waals surface area contributed by atoms with Crippen LogP contribution in [0.3, 0.4) is 0 Å². The summed E-state index contributed by atoms with van der Waals surface area (Å²) in [7, 11) is 0. The fraction of sp³-hybridized carbons (Fsp3) is 0.111. The first kappa shape index (κ1) is 9.80. The molecule has 1 amide bonds. The summed E-state index contributed by atoms with van der Waals surface area (Å²) in [5.41, 5.74) is 0.631. The average molecular weight is 197 g/mol. The fourth-order valence-corrected chi connectivity index (χ4v) is 1.11. The number of carbonyl (C=O) groups is 1. The molecular formula is C9H8FNOS. The van der Waals surface area contributed by atoms with Gasteiger partial charge in [0.05, 0.1) is 0 Å². The van der Waals surface area contributed by atoms with Crippen LogP contribution in [0, 0.1) is 5.82 Å². The van der Waals surface area contributed by atoms with Crippen molar-refractivity contribution in [1.82, 2.24) is 5.32 Å². The molecule has 0 aliphatic carbocycles. The van der Waals surface area contributed by atoms with E-state index in [-0.39, 0.29) is 11.7 Å². The second-order valence-corrected chi connectivity index (χ2v) is 2.93. The third-order valence-electron chi connectivity index (χ3n) is 1.40. The van der Waals surface area contributed by atoms with Gasteiger partial charge in [0.1, 0.15) is 10.8 Å². The molecule has 0 spiro atoms. The van der Waals surface area contributed by atoms with Gasteiger partial charge in [-0.25, -0.2) is 4.39 Å². The van der Waals surface area contributed by atoms with Gasteiger partial charge < -0.3 is 5.32 Å². The molecule has 0 saturated heterocycles. The Bertz CT molecular complexity index is 334. The topological polar surface area (TPSA) is 29.1 Å². The molecule has 0 radical (unpaired) electrons. The van der Waals surface area contributed by atoms with Gasteiger partial charge in [-0.3, -0.25) is 4.79 Å². The average Bonchev–Trinajstić information content (AvgIpc) is 2.04. The van der Waals surface area contributed by atoms with Gasteiger partial charge >= 0.3 is 0 Å². The lowest BCUT2D eigenvalue weighted by Crippen LogP contribution is -2.26. The molecule has 0 bridgehead atoms. The number of benzene rings is 1. The number of amides is 1. The van der Waals surface area contributed by atoms with Crippen molar-refractivity contribution in [3.63, 3.8) is 0 Å². The van der Waals surface area contributed by atoms with Crippen molar-refractivity contribution in [1.29, 1.82) is 0 Å². The minimum absolute atomic E-state index is 0.227. The molecule has 13 heavy (non-hydrogen) atoms. The first-order chi connectivity index (χ1) is 6.09. The number of hydrogen-bond acceptors (Lipinski definition) is 2. The molecule has 1 aromatic rings. The van der Waals surface area contributed by atoms with Gasteiger partial charge in [0.2, 0.25) is 5.91 Å². The maximum atomic E-state index is 12.5. The van der Waals surface area contributed by atoms with Crippen LogP contribution in [-0.4, -0.2) is 10.9 Å². The minimum atomic E-state index is -0.325. The zero-order chi connectivity index (χ0) is 9.84. The van der Waals surface area contributed by atoms with Crippen LogP contribution in [0.4, 0.5) is 4.39 Å². The SMILES string of the molecule is CC(=O)NC(=S)c1ccc(F)cc1. The minimum Gasteiger partial charge on any atom is -0.317 e. The number of hydrogen-bond donors (Lipinski definition) is 1. The van der Waals surface area contributed by atoms with Crippen molar-refractivity contribution in [2.24, 2.45) is 0 Å². The predicted octanol–water partition coefficient (Wildman–Crippen LogP) is 1.64. The molecule has 1 aromatic carbocycles. The van der Waals surface area contributed by atoms with Crippen molar-refractivity contribution >= 4 is 23.1 Å². The van der Waals surface area contributed by atoms with Gasteiger partial charge in [0.15, 0.2) is 0 Å². The zero-order valence-corrected chi connectivity index (χ0v) is 7.82. The number of rotatable bonds is 1. The van der Waals surface area contributed by atoms with Crippen molar-refractivity contribution < 1.29 is 9.18 Å². The van der Waals surface area contributed by atoms with Crippen LogP contribution in [0.2, 0.25) is 0 Å². The van der Waals surface area contributed by atoms with Gasteiger partial charge in [-0.05, 0) is 24.3 Å². The molecule has 4 heteroatoms. The summed E-state index contributed by atoms with van der Waals surface area (Å²) in [5, 5.41) is 2.45. The summed E-state index contributed by atoms with van der Waals surface area (Å²) < 4.78 is 12.5. The Labute approximate surface area is 80.8 Å². The Kier molecular flexibility index (Phi) is 3.08. The van der Waals surface area contributed by atoms with Crippen LogP contribution in [0.1, 0.15) is 12.5 Å². The number of thiocarbonyl (C=S) groups is 1. The maximum absolute atomic E-state index is 12.5. The van der Waals surface area contributed by atoms with E-state index in [0.717, 1.165) is 0 Å². The molecule has 0 heterocycles. The standard InChI is InChI=1S/C9H8FNOS/c1-6(12)11-9(13)7-2-4-8(10)5-3-7/h2-5H,1H3,(H,11,12,13). The zero-order valence-electron chi connectivity index (χ0n) is 7.00. The first-order valence-corrected chi connectivity index (χ1v) is 4.08. The van der Waals surface area contributed by atoms with E-state index < -0.39 is 0 Å². The Morgan fingerprint density at radius 3 is 2.38 bits per heavy atom. The summed E-state index contributed by atoms with van der Waals surface area (Å²) in [6, 6.07) is 5.63. The molecule has 68 valence electrons. The Morgan fingerprint density at radius 1 is 1.38 bits per heavy atom. The van der Waals surface area contributed by atoms with E-state index in [1.54, 1.807) is 0 Å². The van der Waals surface area contributed by atoms with E-state index in [2.05, 4.69) is 5.32 Å². The highest BCUT2D eigenvalue weighted by Gasteiger charge is 2.01. The van der Waals surface area contributed by atoms with Crippen molar-refractivity contribution in [3.05, 3.63) is 35.6 Å². The van der Waals surface area contributed by atoms with Crippen LogP contribution in [-0.2, 0) is 4.79 Å². The Morgan fingerprint density at radius 2 is 1.92 bits per heavy atom. The smallest absolute Gasteiger partial charge is 0.221 e. The van der Waals surface area contributed by atoms with Crippen LogP contribution < -0.4 is 5.32 Å². The highest BCUT2D eigenvalue weighted by Crippen LogP contribution is 2.02. The second kappa shape index (κ2) is 4.09. The molecule has 0 fully saturated rings. The highest BCUT2D eigenvalue weighted by atomic mass is 32.1. The molecule has 0 aliphatic heterocycles. The summed E-state index contributed by atoms with van der Waals surface area (Å²) in [6.45, 7) is 1.37. The van der Waals surface area contributed by atoms with Crippen LogP contribution in [0.5, 0.6) is 0 Å². The molecule has 0 aliphatic rings. The van der Waals surface area contributed by atoms with Crippen LogP contribution >= 0.6 is 12.2 Å². The van der Waals surface area contributed by atoms with E-state index in [1.165, 1.54) is 31.2 Å². The molecule has 0 atom stereocenters. The summed E-state index contributed by atoms with van der Waals surface area (Å²) in [5.74, 6) is -0.552. The first-order valence-electron chi connectivity index (χ1n) is 3.67. The van der Waals surface area contributed by atoms with E-state index in [4.69, 9.17) is 12.2 Å². The molecule has 0 unspecified atom stereocenters. The lowest BCUT2D eigenvalue weighted by Gasteiger charge is -2.03. The maximum Gasteiger partial charge on any atom is 0.221 e.